The van der Waals surface area contributed by atoms with Gasteiger partial charge in [-0.2, -0.15) is 4.57 Å². The number of furan rings is 1. The fourth-order valence-electron chi connectivity index (χ4n) is 9.25. The fraction of sp³-hybridized carbons (Fsp3) is 0.302. The Bertz CT molecular complexity index is 2760. The van der Waals surface area contributed by atoms with Crippen molar-refractivity contribution in [3.05, 3.63) is 144 Å². The van der Waals surface area contributed by atoms with Gasteiger partial charge in [0.05, 0.1) is 7.05 Å². The molecule has 2 aromatic heterocycles. The number of aryl methyl sites for hydroxylation is 2. The van der Waals surface area contributed by atoms with Gasteiger partial charge in [-0.05, 0) is 126 Å². The van der Waals surface area contributed by atoms with Crippen molar-refractivity contribution in [1.82, 2.24) is 4.57 Å². The average molecular weight is 737 g/mol. The maximum atomic E-state index is 9.41. The van der Waals surface area contributed by atoms with E-state index in [-0.39, 0.29) is 11.8 Å². The highest BCUT2D eigenvalue weighted by molar-refractivity contribution is 6.10. The second-order valence-electron chi connectivity index (χ2n) is 17.7. The first-order chi connectivity index (χ1) is 27.3. The molecule has 6 aromatic carbocycles. The molecule has 0 atom stereocenters. The Kier molecular flexibility index (Phi) is 8.73. The molecular weight excluding hydrogens is 681 g/mol. The molecule has 1 aliphatic rings. The summed E-state index contributed by atoms with van der Waals surface area (Å²) in [7, 11) is 2.20. The summed E-state index contributed by atoms with van der Waals surface area (Å²) in [4.78, 5) is 0. The van der Waals surface area contributed by atoms with Crippen molar-refractivity contribution in [2.75, 3.05) is 0 Å². The van der Waals surface area contributed by atoms with Gasteiger partial charge in [0.25, 0.3) is 5.82 Å². The van der Waals surface area contributed by atoms with Gasteiger partial charge in [-0.1, -0.05) is 126 Å². The van der Waals surface area contributed by atoms with Crippen LogP contribution in [0.15, 0.2) is 126 Å². The number of imidazole rings is 1. The Hall–Kier alpha value is -5.41. The SMILES string of the molecule is [2H]C1(c2ccc(-c3cc(C(C)C)c(-n4c(-c5c(C)ccc6c5oc5cc(-c7ccccc7)ccc56)[n+](C)c5ccccc54)c(C(C)C)c3)cc2)CCC(C)(C)CC1. The molecule has 0 N–H and O–H groups in total. The molecule has 0 saturated heterocycles. The molecular formula is C53H55N2O+. The Morgan fingerprint density at radius 2 is 1.30 bits per heavy atom. The molecule has 56 heavy (non-hydrogen) atoms. The second-order valence-corrected chi connectivity index (χ2v) is 17.7. The number of fused-ring (bicyclic) bond motifs is 4. The minimum atomic E-state index is -0.503. The number of para-hydroxylation sites is 2. The third-order valence-electron chi connectivity index (χ3n) is 12.7. The van der Waals surface area contributed by atoms with Crippen LogP contribution >= 0.6 is 0 Å². The van der Waals surface area contributed by atoms with E-state index in [1.807, 2.05) is 0 Å². The first kappa shape index (κ1) is 35.0. The molecule has 1 fully saturated rings. The fourth-order valence-corrected chi connectivity index (χ4v) is 9.25. The van der Waals surface area contributed by atoms with Crippen molar-refractivity contribution in [2.24, 2.45) is 12.5 Å². The molecule has 0 unspecified atom stereocenters. The van der Waals surface area contributed by atoms with Crippen LogP contribution < -0.4 is 4.57 Å². The maximum Gasteiger partial charge on any atom is 0.299 e. The van der Waals surface area contributed by atoms with Crippen LogP contribution in [-0.4, -0.2) is 4.57 Å². The van der Waals surface area contributed by atoms with E-state index in [1.165, 1.54) is 50.1 Å². The standard InChI is InChI=1S/C53H55N2O/c1-33(2)44-30-41(38-21-19-37(20-22-38)39-26-28-53(6,7)29-27-39)31-45(34(3)4)50(44)55-47-17-13-12-16-46(47)54(8)52(55)49-35(5)18-24-43-42-25-23-40(32-48(42)56-51(43)49)36-14-10-9-11-15-36/h9-25,30-34,39H,26-29H2,1-8H3/q+1/i39D. The topological polar surface area (TPSA) is 21.9 Å². The van der Waals surface area contributed by atoms with E-state index in [0.29, 0.717) is 5.41 Å². The summed E-state index contributed by atoms with van der Waals surface area (Å²) in [6, 6.07) is 44.3. The Labute approximate surface area is 334 Å². The molecule has 0 radical (unpaired) electrons. The highest BCUT2D eigenvalue weighted by Crippen LogP contribution is 2.45. The van der Waals surface area contributed by atoms with E-state index in [9.17, 15) is 1.37 Å². The molecule has 3 heteroatoms. The van der Waals surface area contributed by atoms with Crippen LogP contribution in [0.3, 0.4) is 0 Å². The van der Waals surface area contributed by atoms with E-state index < -0.39 is 5.89 Å². The number of hydrogen-bond donors (Lipinski definition) is 0. The summed E-state index contributed by atoms with van der Waals surface area (Å²) in [5, 5.41) is 2.25. The zero-order chi connectivity index (χ0) is 39.8. The van der Waals surface area contributed by atoms with Crippen molar-refractivity contribution in [2.45, 2.75) is 91.9 Å². The molecule has 1 saturated carbocycles. The van der Waals surface area contributed by atoms with Crippen molar-refractivity contribution in [3.8, 4) is 39.3 Å². The lowest BCUT2D eigenvalue weighted by Gasteiger charge is -2.34. The van der Waals surface area contributed by atoms with E-state index in [2.05, 4.69) is 186 Å². The van der Waals surface area contributed by atoms with Crippen molar-refractivity contribution in [3.63, 3.8) is 0 Å². The van der Waals surface area contributed by atoms with Gasteiger partial charge in [-0.3, -0.25) is 0 Å². The molecule has 0 amide bonds. The number of rotatable bonds is 7. The number of benzene rings is 6. The number of hydrogen-bond acceptors (Lipinski definition) is 1. The first-order valence-electron chi connectivity index (χ1n) is 21.1. The van der Waals surface area contributed by atoms with Crippen LogP contribution in [0, 0.1) is 12.3 Å². The number of nitrogens with zero attached hydrogens (tertiary/aromatic N) is 2. The quantitative estimate of drug-likeness (QED) is 0.149. The lowest BCUT2D eigenvalue weighted by Crippen LogP contribution is -2.30. The molecule has 0 aliphatic heterocycles. The van der Waals surface area contributed by atoms with Crippen LogP contribution in [0.2, 0.25) is 0 Å². The summed E-state index contributed by atoms with van der Waals surface area (Å²) in [6.07, 6.45) is 4.04. The lowest BCUT2D eigenvalue weighted by molar-refractivity contribution is -0.633. The molecule has 1 aliphatic carbocycles. The third-order valence-corrected chi connectivity index (χ3v) is 12.7. The van der Waals surface area contributed by atoms with Gasteiger partial charge in [0.15, 0.2) is 16.6 Å². The molecule has 0 bridgehead atoms. The highest BCUT2D eigenvalue weighted by atomic mass is 16.3. The maximum absolute atomic E-state index is 9.41. The molecule has 2 heterocycles. The Morgan fingerprint density at radius 3 is 1.98 bits per heavy atom. The van der Waals surface area contributed by atoms with Gasteiger partial charge in [0.1, 0.15) is 16.8 Å². The molecule has 0 spiro atoms. The van der Waals surface area contributed by atoms with Gasteiger partial charge < -0.3 is 4.42 Å². The zero-order valence-electron chi connectivity index (χ0n) is 35.3. The lowest BCUT2D eigenvalue weighted by atomic mass is 9.71. The van der Waals surface area contributed by atoms with Crippen molar-refractivity contribution >= 4 is 33.0 Å². The van der Waals surface area contributed by atoms with Crippen molar-refractivity contribution < 1.29 is 10.4 Å². The summed E-state index contributed by atoms with van der Waals surface area (Å²) in [5.74, 6) is 1.13. The monoisotopic (exact) mass is 736 g/mol. The van der Waals surface area contributed by atoms with Gasteiger partial charge in [-0.15, -0.1) is 0 Å². The molecule has 282 valence electrons. The van der Waals surface area contributed by atoms with Gasteiger partial charge in [0.2, 0.25) is 0 Å². The number of aromatic nitrogens is 2. The van der Waals surface area contributed by atoms with Crippen molar-refractivity contribution in [1.29, 1.82) is 0 Å². The normalized spacial score (nSPS) is 15.7. The second kappa shape index (κ2) is 14.0. The molecule has 8 aromatic rings. The Morgan fingerprint density at radius 1 is 0.696 bits per heavy atom. The Balaban J connectivity index is 1.25. The van der Waals surface area contributed by atoms with Crippen LogP contribution in [0.25, 0.3) is 72.3 Å². The average Bonchev–Trinajstić information content (AvgIpc) is 3.73. The van der Waals surface area contributed by atoms with Gasteiger partial charge in [-0.25, -0.2) is 4.57 Å². The summed E-state index contributed by atoms with van der Waals surface area (Å²) < 4.78 is 21.3. The van der Waals surface area contributed by atoms with Crippen LogP contribution in [0.4, 0.5) is 0 Å². The van der Waals surface area contributed by atoms with Gasteiger partial charge in [0, 0.05) is 23.3 Å². The zero-order valence-corrected chi connectivity index (χ0v) is 34.3. The van der Waals surface area contributed by atoms with E-state index in [1.54, 1.807) is 0 Å². The van der Waals surface area contributed by atoms with Crippen LogP contribution in [0.5, 0.6) is 0 Å². The predicted octanol–water partition coefficient (Wildman–Crippen LogP) is 14.6. The molecule has 3 nitrogen and oxygen atoms in total. The predicted molar refractivity (Wildman–Crippen MR) is 236 cm³/mol. The summed E-state index contributed by atoms with van der Waals surface area (Å²) >= 11 is 0. The minimum absolute atomic E-state index is 0.262. The smallest absolute Gasteiger partial charge is 0.299 e. The van der Waals surface area contributed by atoms with E-state index in [4.69, 9.17) is 4.42 Å². The third kappa shape index (κ3) is 6.17. The largest absolute Gasteiger partial charge is 0.455 e. The molecule has 9 rings (SSSR count). The minimum Gasteiger partial charge on any atom is -0.455 e. The highest BCUT2D eigenvalue weighted by Gasteiger charge is 2.34. The van der Waals surface area contributed by atoms with E-state index in [0.717, 1.165) is 70.1 Å². The summed E-state index contributed by atoms with van der Waals surface area (Å²) in [6.45, 7) is 16.2. The van der Waals surface area contributed by atoms with E-state index >= 15 is 0 Å². The van der Waals surface area contributed by atoms with Gasteiger partial charge >= 0.3 is 0 Å². The van der Waals surface area contributed by atoms with Crippen LogP contribution in [-0.2, 0) is 7.05 Å². The first-order valence-corrected chi connectivity index (χ1v) is 20.6. The van der Waals surface area contributed by atoms with Crippen LogP contribution in [0.1, 0.15) is 109 Å². The summed E-state index contributed by atoms with van der Waals surface area (Å²) in [5.41, 5.74) is 16.6.